The highest BCUT2D eigenvalue weighted by molar-refractivity contribution is 5.76. The van der Waals surface area contributed by atoms with Gasteiger partial charge in [0.25, 0.3) is 5.56 Å². The molecule has 2 unspecified atom stereocenters. The number of fused-ring (bicyclic) bond motifs is 1. The van der Waals surface area contributed by atoms with E-state index in [4.69, 9.17) is 4.74 Å². The number of aliphatic hydroxyl groups is 1. The van der Waals surface area contributed by atoms with E-state index >= 15 is 0 Å². The SMILES string of the molecule is CCOCCn1c(=O)c(N2CCC(O)C(C)C2)nc2ccc(-c3ccc(F)c(F)c3)nc21. The van der Waals surface area contributed by atoms with Crippen LogP contribution in [0.5, 0.6) is 0 Å². The van der Waals surface area contributed by atoms with Crippen LogP contribution < -0.4 is 10.5 Å². The first kappa shape index (κ1) is 22.3. The van der Waals surface area contributed by atoms with Gasteiger partial charge in [-0.15, -0.1) is 0 Å². The minimum absolute atomic E-state index is 0.0198. The van der Waals surface area contributed by atoms with E-state index in [1.807, 2.05) is 18.7 Å². The summed E-state index contributed by atoms with van der Waals surface area (Å²) in [5.41, 5.74) is 1.38. The Morgan fingerprint density at radius 2 is 2.00 bits per heavy atom. The topological polar surface area (TPSA) is 80.5 Å². The first-order valence-corrected chi connectivity index (χ1v) is 10.8. The van der Waals surface area contributed by atoms with Gasteiger partial charge in [-0.05, 0) is 49.6 Å². The van der Waals surface area contributed by atoms with Crippen molar-refractivity contribution >= 4 is 17.0 Å². The Bertz CT molecular complexity index is 1180. The summed E-state index contributed by atoms with van der Waals surface area (Å²) in [5.74, 6) is -1.56. The molecule has 3 aromatic rings. The summed E-state index contributed by atoms with van der Waals surface area (Å²) in [6.45, 7) is 5.99. The smallest absolute Gasteiger partial charge is 0.295 e. The molecule has 0 amide bonds. The van der Waals surface area contributed by atoms with Crippen LogP contribution in [0, 0.1) is 17.6 Å². The molecule has 1 aliphatic heterocycles. The molecule has 2 atom stereocenters. The van der Waals surface area contributed by atoms with E-state index in [0.717, 1.165) is 12.1 Å². The molecule has 2 aromatic heterocycles. The Morgan fingerprint density at radius 1 is 1.19 bits per heavy atom. The summed E-state index contributed by atoms with van der Waals surface area (Å²) in [6.07, 6.45) is 0.166. The second-order valence-electron chi connectivity index (χ2n) is 8.04. The van der Waals surface area contributed by atoms with Crippen molar-refractivity contribution in [3.63, 3.8) is 0 Å². The number of aromatic nitrogens is 3. The zero-order valence-electron chi connectivity index (χ0n) is 18.1. The minimum Gasteiger partial charge on any atom is -0.393 e. The summed E-state index contributed by atoms with van der Waals surface area (Å²) >= 11 is 0. The van der Waals surface area contributed by atoms with Gasteiger partial charge in [-0.2, -0.15) is 0 Å². The Hall–Kier alpha value is -2.91. The molecule has 0 spiro atoms. The highest BCUT2D eigenvalue weighted by Gasteiger charge is 2.27. The lowest BCUT2D eigenvalue weighted by Crippen LogP contribution is -2.45. The Balaban J connectivity index is 1.81. The highest BCUT2D eigenvalue weighted by atomic mass is 19.2. The number of rotatable bonds is 6. The van der Waals surface area contributed by atoms with Crippen molar-refractivity contribution in [3.8, 4) is 11.3 Å². The number of hydrogen-bond donors (Lipinski definition) is 1. The zero-order chi connectivity index (χ0) is 22.8. The summed E-state index contributed by atoms with van der Waals surface area (Å²) in [7, 11) is 0. The average molecular weight is 444 g/mol. The van der Waals surface area contributed by atoms with Crippen LogP contribution in [0.25, 0.3) is 22.4 Å². The van der Waals surface area contributed by atoms with E-state index in [-0.39, 0.29) is 18.0 Å². The minimum atomic E-state index is -0.965. The third-order valence-corrected chi connectivity index (χ3v) is 5.81. The third-order valence-electron chi connectivity index (χ3n) is 5.81. The fourth-order valence-electron chi connectivity index (χ4n) is 3.96. The predicted molar refractivity (Wildman–Crippen MR) is 118 cm³/mol. The second-order valence-corrected chi connectivity index (χ2v) is 8.04. The van der Waals surface area contributed by atoms with Gasteiger partial charge >= 0.3 is 0 Å². The van der Waals surface area contributed by atoms with Gasteiger partial charge in [0, 0.05) is 25.3 Å². The maximum absolute atomic E-state index is 13.7. The van der Waals surface area contributed by atoms with Crippen LogP contribution in [0.4, 0.5) is 14.6 Å². The van der Waals surface area contributed by atoms with E-state index in [1.54, 1.807) is 12.1 Å². The first-order chi connectivity index (χ1) is 15.4. The number of aliphatic hydroxyl groups excluding tert-OH is 1. The number of halogens is 2. The third kappa shape index (κ3) is 4.35. The molecular formula is C23H26F2N4O3. The van der Waals surface area contributed by atoms with Gasteiger partial charge in [-0.3, -0.25) is 9.36 Å². The molecule has 170 valence electrons. The van der Waals surface area contributed by atoms with Crippen molar-refractivity contribution < 1.29 is 18.6 Å². The molecule has 0 bridgehead atoms. The Kier molecular flexibility index (Phi) is 6.48. The maximum atomic E-state index is 13.7. The molecule has 4 rings (SSSR count). The molecule has 1 aliphatic rings. The van der Waals surface area contributed by atoms with Crippen molar-refractivity contribution in [1.29, 1.82) is 0 Å². The normalized spacial score (nSPS) is 19.0. The van der Waals surface area contributed by atoms with Gasteiger partial charge in [0.15, 0.2) is 23.1 Å². The first-order valence-electron chi connectivity index (χ1n) is 10.8. The molecule has 1 fully saturated rings. The van der Waals surface area contributed by atoms with Gasteiger partial charge in [0.05, 0.1) is 24.9 Å². The molecule has 0 aliphatic carbocycles. The van der Waals surface area contributed by atoms with Gasteiger partial charge < -0.3 is 14.7 Å². The lowest BCUT2D eigenvalue weighted by atomic mass is 9.97. The number of nitrogens with zero attached hydrogens (tertiary/aromatic N) is 4. The molecule has 0 saturated carbocycles. The van der Waals surface area contributed by atoms with Gasteiger partial charge in [-0.25, -0.2) is 18.7 Å². The van der Waals surface area contributed by atoms with E-state index < -0.39 is 17.7 Å². The number of piperidine rings is 1. The lowest BCUT2D eigenvalue weighted by molar-refractivity contribution is 0.0967. The van der Waals surface area contributed by atoms with Crippen LogP contribution >= 0.6 is 0 Å². The second kappa shape index (κ2) is 9.30. The molecule has 1 N–H and O–H groups in total. The number of pyridine rings is 1. The van der Waals surface area contributed by atoms with Gasteiger partial charge in [0.1, 0.15) is 5.52 Å². The largest absolute Gasteiger partial charge is 0.393 e. The number of ether oxygens (including phenoxy) is 1. The standard InChI is InChI=1S/C23H26F2N4O3/c1-3-32-11-10-29-21-19(7-6-18(26-21)15-4-5-16(24)17(25)12-15)27-22(23(29)31)28-9-8-20(30)14(2)13-28/h4-7,12,14,20,30H,3,8-11,13H2,1-2H3. The van der Waals surface area contributed by atoms with Crippen LogP contribution in [-0.4, -0.2) is 52.0 Å². The van der Waals surface area contributed by atoms with Crippen molar-refractivity contribution in [2.24, 2.45) is 5.92 Å². The van der Waals surface area contributed by atoms with Crippen LogP contribution in [-0.2, 0) is 11.3 Å². The maximum Gasteiger partial charge on any atom is 0.295 e. The van der Waals surface area contributed by atoms with Gasteiger partial charge in [-0.1, -0.05) is 6.92 Å². The van der Waals surface area contributed by atoms with Crippen molar-refractivity contribution in [2.75, 3.05) is 31.2 Å². The molecule has 3 heterocycles. The quantitative estimate of drug-likeness (QED) is 0.589. The summed E-state index contributed by atoms with van der Waals surface area (Å²) < 4.78 is 34.1. The number of benzene rings is 1. The van der Waals surface area contributed by atoms with Crippen LogP contribution in [0.3, 0.4) is 0 Å². The Morgan fingerprint density at radius 3 is 2.72 bits per heavy atom. The molecule has 9 heteroatoms. The molecular weight excluding hydrogens is 418 g/mol. The van der Waals surface area contributed by atoms with Crippen molar-refractivity contribution in [1.82, 2.24) is 14.5 Å². The van der Waals surface area contributed by atoms with Gasteiger partial charge in [0.2, 0.25) is 0 Å². The zero-order valence-corrected chi connectivity index (χ0v) is 18.1. The van der Waals surface area contributed by atoms with E-state index in [2.05, 4.69) is 9.97 Å². The van der Waals surface area contributed by atoms with Crippen LogP contribution in [0.15, 0.2) is 35.1 Å². The fourth-order valence-corrected chi connectivity index (χ4v) is 3.96. The van der Waals surface area contributed by atoms with Crippen molar-refractivity contribution in [2.45, 2.75) is 32.9 Å². The van der Waals surface area contributed by atoms with E-state index in [1.165, 1.54) is 10.6 Å². The highest BCUT2D eigenvalue weighted by Crippen LogP contribution is 2.24. The fraction of sp³-hybridized carbons (Fsp3) is 0.435. The molecule has 32 heavy (non-hydrogen) atoms. The molecule has 1 saturated heterocycles. The summed E-state index contributed by atoms with van der Waals surface area (Å²) in [6, 6.07) is 6.96. The predicted octanol–water partition coefficient (Wildman–Crippen LogP) is 2.98. The molecule has 0 radical (unpaired) electrons. The Labute approximate surface area is 184 Å². The van der Waals surface area contributed by atoms with E-state index in [9.17, 15) is 18.7 Å². The van der Waals surface area contributed by atoms with E-state index in [0.29, 0.717) is 61.0 Å². The number of hydrogen-bond acceptors (Lipinski definition) is 6. The molecule has 7 nitrogen and oxygen atoms in total. The van der Waals surface area contributed by atoms with Crippen LogP contribution in [0.2, 0.25) is 0 Å². The lowest BCUT2D eigenvalue weighted by Gasteiger charge is -2.35. The number of anilines is 1. The molecule has 1 aromatic carbocycles. The average Bonchev–Trinajstić information content (AvgIpc) is 2.78. The summed E-state index contributed by atoms with van der Waals surface area (Å²) in [4.78, 5) is 24.5. The van der Waals surface area contributed by atoms with Crippen LogP contribution in [0.1, 0.15) is 20.3 Å². The van der Waals surface area contributed by atoms with Crippen molar-refractivity contribution in [3.05, 3.63) is 52.3 Å². The summed E-state index contributed by atoms with van der Waals surface area (Å²) in [5, 5.41) is 10.0. The monoisotopic (exact) mass is 444 g/mol.